The predicted molar refractivity (Wildman–Crippen MR) is 114 cm³/mol. The molecule has 0 bridgehead atoms. The van der Waals surface area contributed by atoms with Gasteiger partial charge in [0, 0.05) is 22.5 Å². The number of rotatable bonds is 3. The smallest absolute Gasteiger partial charge is 0.145 e. The molecule has 0 atom stereocenters. The molecule has 0 radical (unpaired) electrons. The van der Waals surface area contributed by atoms with Crippen molar-refractivity contribution in [3.05, 3.63) is 103 Å². The molecule has 0 N–H and O–H groups in total. The molecule has 2 nitrogen and oxygen atoms in total. The van der Waals surface area contributed by atoms with Crippen LogP contribution in [-0.4, -0.2) is 9.55 Å². The van der Waals surface area contributed by atoms with Crippen LogP contribution in [0.25, 0.3) is 44.8 Å². The fourth-order valence-electron chi connectivity index (χ4n) is 3.86. The highest BCUT2D eigenvalue weighted by Crippen LogP contribution is 2.35. The molecule has 2 aromatic heterocycles. The molecule has 0 saturated heterocycles. The van der Waals surface area contributed by atoms with E-state index in [0.717, 1.165) is 33.5 Å². The van der Waals surface area contributed by atoms with E-state index >= 15 is 0 Å². The van der Waals surface area contributed by atoms with Gasteiger partial charge in [-0.2, -0.15) is 0 Å². The number of para-hydroxylation sites is 2. The summed E-state index contributed by atoms with van der Waals surface area (Å²) in [5.74, 6) is 0.934. The van der Waals surface area contributed by atoms with Gasteiger partial charge in [0.15, 0.2) is 0 Å². The summed E-state index contributed by atoms with van der Waals surface area (Å²) in [4.78, 5) is 4.80. The standard InChI is InChI=1S/C25H18N2/c1-2-18-10-3-4-11-19(18)22-14-9-17-26-25(22)27-23-15-7-5-12-20(23)21-13-6-8-16-24(21)27/h2-17H,1H2. The van der Waals surface area contributed by atoms with E-state index in [2.05, 4.69) is 83.9 Å². The summed E-state index contributed by atoms with van der Waals surface area (Å²) in [6, 6.07) is 29.5. The Kier molecular flexibility index (Phi) is 3.61. The van der Waals surface area contributed by atoms with Crippen LogP contribution in [0.15, 0.2) is 97.7 Å². The number of hydrogen-bond donors (Lipinski definition) is 0. The average Bonchev–Trinajstić information content (AvgIpc) is 3.08. The Bertz CT molecular complexity index is 1240. The van der Waals surface area contributed by atoms with Gasteiger partial charge in [-0.25, -0.2) is 4.98 Å². The van der Waals surface area contributed by atoms with E-state index in [0.29, 0.717) is 0 Å². The molecule has 0 fully saturated rings. The van der Waals surface area contributed by atoms with Gasteiger partial charge < -0.3 is 0 Å². The van der Waals surface area contributed by atoms with E-state index in [1.165, 1.54) is 10.8 Å². The molecule has 5 rings (SSSR count). The van der Waals surface area contributed by atoms with Gasteiger partial charge >= 0.3 is 0 Å². The van der Waals surface area contributed by atoms with Crippen LogP contribution in [0.3, 0.4) is 0 Å². The molecule has 0 unspecified atom stereocenters. The topological polar surface area (TPSA) is 17.8 Å². The van der Waals surface area contributed by atoms with Gasteiger partial charge in [0.05, 0.1) is 11.0 Å². The minimum atomic E-state index is 0.934. The largest absolute Gasteiger partial charge is 0.293 e. The SMILES string of the molecule is C=Cc1ccccc1-c1cccnc1-n1c2ccccc2c2ccccc21. The lowest BCUT2D eigenvalue weighted by atomic mass is 10.00. The van der Waals surface area contributed by atoms with E-state index < -0.39 is 0 Å². The molecular weight excluding hydrogens is 328 g/mol. The van der Waals surface area contributed by atoms with E-state index in [1.807, 2.05) is 24.4 Å². The number of pyridine rings is 1. The second-order valence-electron chi connectivity index (χ2n) is 6.54. The highest BCUT2D eigenvalue weighted by Gasteiger charge is 2.16. The van der Waals surface area contributed by atoms with Crippen molar-refractivity contribution in [2.24, 2.45) is 0 Å². The summed E-state index contributed by atoms with van der Waals surface area (Å²) in [6.45, 7) is 3.98. The predicted octanol–water partition coefficient (Wildman–Crippen LogP) is 6.49. The van der Waals surface area contributed by atoms with Crippen LogP contribution in [0.1, 0.15) is 5.56 Å². The Labute approximate surface area is 158 Å². The molecule has 0 spiro atoms. The first-order chi connectivity index (χ1) is 13.4. The minimum Gasteiger partial charge on any atom is -0.293 e. The molecule has 0 aliphatic rings. The molecule has 0 saturated carbocycles. The zero-order valence-corrected chi connectivity index (χ0v) is 14.8. The van der Waals surface area contributed by atoms with E-state index in [9.17, 15) is 0 Å². The number of hydrogen-bond acceptors (Lipinski definition) is 1. The van der Waals surface area contributed by atoms with Gasteiger partial charge in [-0.05, 0) is 35.4 Å². The van der Waals surface area contributed by atoms with Crippen molar-refractivity contribution >= 4 is 27.9 Å². The fraction of sp³-hybridized carbons (Fsp3) is 0. The summed E-state index contributed by atoms with van der Waals surface area (Å²) in [5.41, 5.74) is 5.66. The second-order valence-corrected chi connectivity index (χ2v) is 6.54. The van der Waals surface area contributed by atoms with Crippen molar-refractivity contribution in [1.29, 1.82) is 0 Å². The Balaban J connectivity index is 1.91. The summed E-state index contributed by atoms with van der Waals surface area (Å²) >= 11 is 0. The third-order valence-electron chi connectivity index (χ3n) is 5.05. The lowest BCUT2D eigenvalue weighted by Crippen LogP contribution is -2.00. The lowest BCUT2D eigenvalue weighted by Gasteiger charge is -2.14. The van der Waals surface area contributed by atoms with Gasteiger partial charge in [-0.1, -0.05) is 73.3 Å². The van der Waals surface area contributed by atoms with Crippen LogP contribution in [0.5, 0.6) is 0 Å². The van der Waals surface area contributed by atoms with Crippen molar-refractivity contribution in [2.75, 3.05) is 0 Å². The van der Waals surface area contributed by atoms with Crippen LogP contribution in [0.2, 0.25) is 0 Å². The zero-order valence-electron chi connectivity index (χ0n) is 14.8. The van der Waals surface area contributed by atoms with Crippen molar-refractivity contribution < 1.29 is 0 Å². The normalized spacial score (nSPS) is 11.1. The first-order valence-electron chi connectivity index (χ1n) is 9.04. The molecule has 5 aromatic rings. The summed E-state index contributed by atoms with van der Waals surface area (Å²) < 4.78 is 2.26. The molecule has 2 heterocycles. The average molecular weight is 346 g/mol. The van der Waals surface area contributed by atoms with Crippen LogP contribution in [0.4, 0.5) is 0 Å². The van der Waals surface area contributed by atoms with Crippen LogP contribution in [0, 0.1) is 0 Å². The van der Waals surface area contributed by atoms with Gasteiger partial charge in [0.25, 0.3) is 0 Å². The fourth-order valence-corrected chi connectivity index (χ4v) is 3.86. The Morgan fingerprint density at radius 3 is 1.96 bits per heavy atom. The van der Waals surface area contributed by atoms with Crippen molar-refractivity contribution in [1.82, 2.24) is 9.55 Å². The molecule has 27 heavy (non-hydrogen) atoms. The van der Waals surface area contributed by atoms with Crippen molar-refractivity contribution in [3.8, 4) is 16.9 Å². The number of nitrogens with zero attached hydrogens (tertiary/aromatic N) is 2. The molecule has 2 heteroatoms. The number of aromatic nitrogens is 2. The maximum atomic E-state index is 4.80. The van der Waals surface area contributed by atoms with Crippen LogP contribution < -0.4 is 0 Å². The van der Waals surface area contributed by atoms with E-state index in [1.54, 1.807) is 0 Å². The van der Waals surface area contributed by atoms with E-state index in [-0.39, 0.29) is 0 Å². The monoisotopic (exact) mass is 346 g/mol. The Morgan fingerprint density at radius 2 is 1.26 bits per heavy atom. The molecular formula is C25H18N2. The summed E-state index contributed by atoms with van der Waals surface area (Å²) in [5, 5.41) is 2.48. The second kappa shape index (κ2) is 6.26. The maximum Gasteiger partial charge on any atom is 0.145 e. The number of benzene rings is 3. The molecule has 0 aliphatic carbocycles. The van der Waals surface area contributed by atoms with Crippen LogP contribution in [-0.2, 0) is 0 Å². The quantitative estimate of drug-likeness (QED) is 0.365. The lowest BCUT2D eigenvalue weighted by molar-refractivity contribution is 1.08. The summed E-state index contributed by atoms with van der Waals surface area (Å²) in [7, 11) is 0. The Hall–Kier alpha value is -3.65. The van der Waals surface area contributed by atoms with Crippen molar-refractivity contribution in [3.63, 3.8) is 0 Å². The summed E-state index contributed by atoms with van der Waals surface area (Å²) in [6.07, 6.45) is 3.76. The maximum absolute atomic E-state index is 4.80. The first-order valence-corrected chi connectivity index (χ1v) is 9.04. The molecule has 3 aromatic carbocycles. The number of fused-ring (bicyclic) bond motifs is 3. The van der Waals surface area contributed by atoms with Crippen molar-refractivity contribution in [2.45, 2.75) is 0 Å². The van der Waals surface area contributed by atoms with Crippen LogP contribution >= 0.6 is 0 Å². The third kappa shape index (κ3) is 2.38. The van der Waals surface area contributed by atoms with Gasteiger partial charge in [-0.15, -0.1) is 0 Å². The highest BCUT2D eigenvalue weighted by molar-refractivity contribution is 6.09. The Morgan fingerprint density at radius 1 is 0.667 bits per heavy atom. The first kappa shape index (κ1) is 15.6. The highest BCUT2D eigenvalue weighted by atomic mass is 15.1. The van der Waals surface area contributed by atoms with Gasteiger partial charge in [0.1, 0.15) is 5.82 Å². The molecule has 128 valence electrons. The molecule has 0 amide bonds. The van der Waals surface area contributed by atoms with E-state index in [4.69, 9.17) is 4.98 Å². The minimum absolute atomic E-state index is 0.934. The van der Waals surface area contributed by atoms with Gasteiger partial charge in [0.2, 0.25) is 0 Å². The molecule has 0 aliphatic heterocycles. The third-order valence-corrected chi connectivity index (χ3v) is 5.05. The van der Waals surface area contributed by atoms with Gasteiger partial charge in [-0.3, -0.25) is 4.57 Å². The zero-order chi connectivity index (χ0) is 18.2.